The van der Waals surface area contributed by atoms with E-state index in [1.807, 2.05) is 31.2 Å². The Kier molecular flexibility index (Phi) is 3.71. The monoisotopic (exact) mass is 271 g/mol. The van der Waals surface area contributed by atoms with Gasteiger partial charge in [-0.15, -0.1) is 0 Å². The first kappa shape index (κ1) is 14.4. The number of hydrogen-bond acceptors (Lipinski definition) is 2. The highest BCUT2D eigenvalue weighted by molar-refractivity contribution is 6.05. The lowest BCUT2D eigenvalue weighted by Gasteiger charge is -2.22. The number of rotatable bonds is 2. The number of benzene rings is 1. The van der Waals surface area contributed by atoms with Gasteiger partial charge in [-0.25, -0.2) is 0 Å². The SMILES string of the molecule is Cc1cc(C(=O)Nc2ccccc2C(C)(C)C)c(C)o1. The van der Waals surface area contributed by atoms with Gasteiger partial charge in [0.15, 0.2) is 0 Å². The van der Waals surface area contributed by atoms with Crippen molar-refractivity contribution in [2.75, 3.05) is 5.32 Å². The predicted octanol–water partition coefficient (Wildman–Crippen LogP) is 4.45. The van der Waals surface area contributed by atoms with E-state index < -0.39 is 0 Å². The fourth-order valence-electron chi connectivity index (χ4n) is 2.29. The molecule has 0 aliphatic heterocycles. The number of nitrogens with one attached hydrogen (secondary N) is 1. The van der Waals surface area contributed by atoms with Crippen molar-refractivity contribution in [3.63, 3.8) is 0 Å². The first-order valence-corrected chi connectivity index (χ1v) is 6.77. The molecule has 1 amide bonds. The van der Waals surface area contributed by atoms with Crippen molar-refractivity contribution in [1.82, 2.24) is 0 Å². The lowest BCUT2D eigenvalue weighted by molar-refractivity contribution is 0.102. The van der Waals surface area contributed by atoms with Crippen LogP contribution >= 0.6 is 0 Å². The van der Waals surface area contributed by atoms with Gasteiger partial charge < -0.3 is 9.73 Å². The summed E-state index contributed by atoms with van der Waals surface area (Å²) in [5.74, 6) is 1.26. The van der Waals surface area contributed by atoms with Crippen LogP contribution < -0.4 is 5.32 Å². The molecule has 1 aromatic heterocycles. The van der Waals surface area contributed by atoms with Gasteiger partial charge in [0.2, 0.25) is 0 Å². The molecule has 0 saturated carbocycles. The molecule has 106 valence electrons. The van der Waals surface area contributed by atoms with Crippen LogP contribution in [0.3, 0.4) is 0 Å². The number of para-hydroxylation sites is 1. The zero-order valence-electron chi connectivity index (χ0n) is 12.7. The summed E-state index contributed by atoms with van der Waals surface area (Å²) in [5.41, 5.74) is 2.53. The van der Waals surface area contributed by atoms with Crippen molar-refractivity contribution < 1.29 is 9.21 Å². The molecule has 0 spiro atoms. The molecule has 0 atom stereocenters. The normalized spacial score (nSPS) is 11.4. The van der Waals surface area contributed by atoms with Gasteiger partial charge in [-0.2, -0.15) is 0 Å². The van der Waals surface area contributed by atoms with E-state index >= 15 is 0 Å². The van der Waals surface area contributed by atoms with Crippen LogP contribution in [0.4, 0.5) is 5.69 Å². The molecular formula is C17H21NO2. The van der Waals surface area contributed by atoms with Crippen molar-refractivity contribution in [2.24, 2.45) is 0 Å². The van der Waals surface area contributed by atoms with E-state index in [9.17, 15) is 4.79 Å². The van der Waals surface area contributed by atoms with Gasteiger partial charge in [-0.3, -0.25) is 4.79 Å². The Morgan fingerprint density at radius 2 is 1.80 bits per heavy atom. The van der Waals surface area contributed by atoms with Crippen LogP contribution in [0.5, 0.6) is 0 Å². The predicted molar refractivity (Wildman–Crippen MR) is 81.3 cm³/mol. The highest BCUT2D eigenvalue weighted by Gasteiger charge is 2.20. The van der Waals surface area contributed by atoms with Gasteiger partial charge in [-0.05, 0) is 37.0 Å². The number of hydrogen-bond donors (Lipinski definition) is 1. The quantitative estimate of drug-likeness (QED) is 0.877. The van der Waals surface area contributed by atoms with Crippen LogP contribution in [0.2, 0.25) is 0 Å². The minimum Gasteiger partial charge on any atom is -0.466 e. The van der Waals surface area contributed by atoms with Crippen molar-refractivity contribution >= 4 is 11.6 Å². The van der Waals surface area contributed by atoms with Crippen LogP contribution in [-0.4, -0.2) is 5.91 Å². The molecule has 0 unspecified atom stereocenters. The zero-order chi connectivity index (χ0) is 14.9. The van der Waals surface area contributed by atoms with Crippen molar-refractivity contribution in [2.45, 2.75) is 40.0 Å². The second-order valence-electron chi connectivity index (χ2n) is 6.08. The summed E-state index contributed by atoms with van der Waals surface area (Å²) in [6.07, 6.45) is 0. The van der Waals surface area contributed by atoms with E-state index in [1.54, 1.807) is 13.0 Å². The van der Waals surface area contributed by atoms with E-state index in [4.69, 9.17) is 4.42 Å². The van der Waals surface area contributed by atoms with Crippen LogP contribution in [0.25, 0.3) is 0 Å². The van der Waals surface area contributed by atoms with Gasteiger partial charge in [0.05, 0.1) is 5.56 Å². The third kappa shape index (κ3) is 2.93. The smallest absolute Gasteiger partial charge is 0.259 e. The molecule has 0 aliphatic carbocycles. The van der Waals surface area contributed by atoms with E-state index in [-0.39, 0.29) is 11.3 Å². The molecule has 0 saturated heterocycles. The summed E-state index contributed by atoms with van der Waals surface area (Å²) in [6, 6.07) is 9.66. The molecule has 0 aliphatic rings. The highest BCUT2D eigenvalue weighted by Crippen LogP contribution is 2.29. The molecule has 0 fully saturated rings. The zero-order valence-corrected chi connectivity index (χ0v) is 12.7. The molecule has 0 bridgehead atoms. The summed E-state index contributed by atoms with van der Waals surface area (Å²) >= 11 is 0. The number of aryl methyl sites for hydroxylation is 2. The first-order valence-electron chi connectivity index (χ1n) is 6.77. The molecule has 20 heavy (non-hydrogen) atoms. The van der Waals surface area contributed by atoms with E-state index in [0.717, 1.165) is 17.0 Å². The molecule has 1 aromatic carbocycles. The number of carbonyl (C=O) groups excluding carboxylic acids is 1. The van der Waals surface area contributed by atoms with Crippen LogP contribution in [0.1, 0.15) is 48.2 Å². The first-order chi connectivity index (χ1) is 9.29. The topological polar surface area (TPSA) is 42.2 Å². The fraction of sp³-hybridized carbons (Fsp3) is 0.353. The molecule has 3 heteroatoms. The summed E-state index contributed by atoms with van der Waals surface area (Å²) in [5, 5.41) is 2.99. The summed E-state index contributed by atoms with van der Waals surface area (Å²) < 4.78 is 5.41. The van der Waals surface area contributed by atoms with E-state index in [2.05, 4.69) is 26.1 Å². The van der Waals surface area contributed by atoms with Gasteiger partial charge in [0.1, 0.15) is 11.5 Å². The second kappa shape index (κ2) is 5.16. The Morgan fingerprint density at radius 3 is 2.35 bits per heavy atom. The molecule has 2 rings (SSSR count). The summed E-state index contributed by atoms with van der Waals surface area (Å²) in [7, 11) is 0. The van der Waals surface area contributed by atoms with E-state index in [1.165, 1.54) is 0 Å². The third-order valence-electron chi connectivity index (χ3n) is 3.27. The minimum atomic E-state index is -0.129. The lowest BCUT2D eigenvalue weighted by Crippen LogP contribution is -2.18. The van der Waals surface area contributed by atoms with Gasteiger partial charge in [0, 0.05) is 5.69 Å². The number of amides is 1. The molecule has 1 heterocycles. The molecular weight excluding hydrogens is 250 g/mol. The van der Waals surface area contributed by atoms with Gasteiger partial charge >= 0.3 is 0 Å². The van der Waals surface area contributed by atoms with E-state index in [0.29, 0.717) is 11.3 Å². The Balaban J connectivity index is 2.31. The van der Waals surface area contributed by atoms with Crippen LogP contribution in [-0.2, 0) is 5.41 Å². The Morgan fingerprint density at radius 1 is 1.15 bits per heavy atom. The maximum atomic E-state index is 12.4. The minimum absolute atomic E-state index is 0.0226. The number of furan rings is 1. The number of carbonyl (C=O) groups is 1. The second-order valence-corrected chi connectivity index (χ2v) is 6.08. The summed E-state index contributed by atoms with van der Waals surface area (Å²) in [4.78, 5) is 12.4. The van der Waals surface area contributed by atoms with Gasteiger partial charge in [0.25, 0.3) is 5.91 Å². The van der Waals surface area contributed by atoms with Crippen LogP contribution in [0, 0.1) is 13.8 Å². The fourth-order valence-corrected chi connectivity index (χ4v) is 2.29. The largest absolute Gasteiger partial charge is 0.466 e. The highest BCUT2D eigenvalue weighted by atomic mass is 16.3. The van der Waals surface area contributed by atoms with Crippen molar-refractivity contribution in [3.8, 4) is 0 Å². The molecule has 2 aromatic rings. The maximum absolute atomic E-state index is 12.4. The molecule has 0 radical (unpaired) electrons. The Bertz CT molecular complexity index is 633. The van der Waals surface area contributed by atoms with Crippen molar-refractivity contribution in [3.05, 3.63) is 53.0 Å². The van der Waals surface area contributed by atoms with Gasteiger partial charge in [-0.1, -0.05) is 39.0 Å². The maximum Gasteiger partial charge on any atom is 0.259 e. The Hall–Kier alpha value is -2.03. The Labute approximate surface area is 120 Å². The standard InChI is InChI=1S/C17H21NO2/c1-11-10-13(12(2)20-11)16(19)18-15-9-7-6-8-14(15)17(3,4)5/h6-10H,1-5H3,(H,18,19). The van der Waals surface area contributed by atoms with Crippen molar-refractivity contribution in [1.29, 1.82) is 0 Å². The average Bonchev–Trinajstić information content (AvgIpc) is 2.68. The molecule has 1 N–H and O–H groups in total. The number of anilines is 1. The lowest BCUT2D eigenvalue weighted by atomic mass is 9.86. The third-order valence-corrected chi connectivity index (χ3v) is 3.27. The summed E-state index contributed by atoms with van der Waals surface area (Å²) in [6.45, 7) is 10.0. The molecule has 3 nitrogen and oxygen atoms in total. The van der Waals surface area contributed by atoms with Crippen LogP contribution in [0.15, 0.2) is 34.7 Å². The average molecular weight is 271 g/mol.